The maximum absolute atomic E-state index is 13.7. The molecular weight excluding hydrogens is 343 g/mol. The van der Waals surface area contributed by atoms with Crippen molar-refractivity contribution >= 4 is 30.7 Å². The number of thiazole rings is 1. The highest BCUT2D eigenvalue weighted by Crippen LogP contribution is 2.38. The lowest BCUT2D eigenvalue weighted by Crippen LogP contribution is -2.44. The van der Waals surface area contributed by atoms with Crippen molar-refractivity contribution in [3.63, 3.8) is 0 Å². The third kappa shape index (κ3) is 4.64. The van der Waals surface area contributed by atoms with E-state index in [2.05, 4.69) is 44.2 Å². The number of halogens is 1. The van der Waals surface area contributed by atoms with Gasteiger partial charge in [0.2, 0.25) is 14.2 Å². The molecule has 4 nitrogen and oxygen atoms in total. The van der Waals surface area contributed by atoms with Crippen LogP contribution in [0.25, 0.3) is 0 Å². The highest BCUT2D eigenvalue weighted by Gasteiger charge is 2.39. The fraction of sp³-hybridized carbons (Fsp3) is 0.412. The van der Waals surface area contributed by atoms with Gasteiger partial charge < -0.3 is 9.74 Å². The van der Waals surface area contributed by atoms with Gasteiger partial charge in [-0.15, -0.1) is 11.3 Å². The predicted molar refractivity (Wildman–Crippen MR) is 98.7 cm³/mol. The number of nitrogens with zero attached hydrogens (tertiary/aromatic N) is 1. The van der Waals surface area contributed by atoms with E-state index in [1.807, 2.05) is 0 Å². The molecule has 2 rings (SSSR count). The lowest BCUT2D eigenvalue weighted by molar-refractivity contribution is -0.115. The van der Waals surface area contributed by atoms with Crippen LogP contribution in [-0.4, -0.2) is 19.2 Å². The number of carbonyl (C=O) groups is 1. The molecule has 0 aliphatic heterocycles. The number of amides is 1. The zero-order chi connectivity index (χ0) is 18.0. The fourth-order valence-corrected chi connectivity index (χ4v) is 3.44. The number of nitrogens with one attached hydrogen (secondary N) is 1. The van der Waals surface area contributed by atoms with Gasteiger partial charge in [0.25, 0.3) is 0 Å². The SMILES string of the molecule is CC(C)(C)[Si](C)(C)Oc1ccc(F)cc1CC(=O)Nc1nccs1. The molecule has 0 bridgehead atoms. The summed E-state index contributed by atoms with van der Waals surface area (Å²) in [5.74, 6) is -0.0393. The molecule has 0 aliphatic carbocycles. The normalized spacial score (nSPS) is 12.1. The summed E-state index contributed by atoms with van der Waals surface area (Å²) in [5.41, 5.74) is 0.550. The van der Waals surface area contributed by atoms with Gasteiger partial charge in [0.15, 0.2) is 5.13 Å². The van der Waals surface area contributed by atoms with Crippen molar-refractivity contribution in [3.8, 4) is 5.75 Å². The second kappa shape index (κ2) is 7.02. The minimum absolute atomic E-state index is 0.0157. The molecule has 0 fully saturated rings. The number of hydrogen-bond acceptors (Lipinski definition) is 4. The quantitative estimate of drug-likeness (QED) is 0.770. The van der Waals surface area contributed by atoms with E-state index in [0.717, 1.165) is 0 Å². The van der Waals surface area contributed by atoms with Crippen molar-refractivity contribution in [1.82, 2.24) is 4.98 Å². The third-order valence-electron chi connectivity index (χ3n) is 4.22. The van der Waals surface area contributed by atoms with Gasteiger partial charge in [-0.25, -0.2) is 9.37 Å². The topological polar surface area (TPSA) is 51.2 Å². The minimum Gasteiger partial charge on any atom is -0.543 e. The molecule has 1 aromatic carbocycles. The molecule has 24 heavy (non-hydrogen) atoms. The monoisotopic (exact) mass is 366 g/mol. The Morgan fingerprint density at radius 3 is 2.67 bits per heavy atom. The maximum atomic E-state index is 13.7. The number of benzene rings is 1. The van der Waals surface area contributed by atoms with Crippen LogP contribution in [0.2, 0.25) is 18.1 Å². The first kappa shape index (κ1) is 18.6. The maximum Gasteiger partial charge on any atom is 0.250 e. The summed E-state index contributed by atoms with van der Waals surface area (Å²) in [4.78, 5) is 16.2. The van der Waals surface area contributed by atoms with E-state index < -0.39 is 8.32 Å². The lowest BCUT2D eigenvalue weighted by Gasteiger charge is -2.37. The molecule has 7 heteroatoms. The molecule has 0 radical (unpaired) electrons. The standard InChI is InChI=1S/C17H23FN2O2SSi/c1-17(2,3)24(4,5)22-14-7-6-13(18)10-12(14)11-15(21)20-16-19-8-9-23-16/h6-10H,11H2,1-5H3,(H,19,20,21). The summed E-state index contributed by atoms with van der Waals surface area (Å²) in [7, 11) is -2.07. The Morgan fingerprint density at radius 2 is 2.08 bits per heavy atom. The van der Waals surface area contributed by atoms with Crippen molar-refractivity contribution in [2.75, 3.05) is 5.32 Å². The van der Waals surface area contributed by atoms with Crippen molar-refractivity contribution in [3.05, 3.63) is 41.2 Å². The van der Waals surface area contributed by atoms with Gasteiger partial charge in [0.1, 0.15) is 11.6 Å². The van der Waals surface area contributed by atoms with Crippen molar-refractivity contribution in [2.45, 2.75) is 45.3 Å². The van der Waals surface area contributed by atoms with Gasteiger partial charge in [-0.2, -0.15) is 0 Å². The van der Waals surface area contributed by atoms with Gasteiger partial charge in [-0.3, -0.25) is 4.79 Å². The first-order valence-electron chi connectivity index (χ1n) is 7.75. The summed E-state index contributed by atoms with van der Waals surface area (Å²) in [6, 6.07) is 4.34. The van der Waals surface area contributed by atoms with Crippen LogP contribution >= 0.6 is 11.3 Å². The molecule has 0 saturated heterocycles. The van der Waals surface area contributed by atoms with Gasteiger partial charge in [-0.05, 0) is 36.3 Å². The second-order valence-electron chi connectivity index (χ2n) is 7.18. The first-order chi connectivity index (χ1) is 11.1. The number of hydrogen-bond donors (Lipinski definition) is 1. The van der Waals surface area contributed by atoms with Crippen LogP contribution < -0.4 is 9.74 Å². The average molecular weight is 367 g/mol. The molecule has 0 atom stereocenters. The number of aromatic nitrogens is 1. The van der Waals surface area contributed by atoms with Crippen LogP contribution in [0.4, 0.5) is 9.52 Å². The van der Waals surface area contributed by atoms with E-state index in [1.165, 1.54) is 23.5 Å². The summed E-state index contributed by atoms with van der Waals surface area (Å²) in [5, 5.41) is 5.04. The van der Waals surface area contributed by atoms with Gasteiger partial charge >= 0.3 is 0 Å². The highest BCUT2D eigenvalue weighted by atomic mass is 32.1. The minimum atomic E-state index is -2.07. The van der Waals surface area contributed by atoms with Crippen molar-refractivity contribution in [1.29, 1.82) is 0 Å². The molecule has 1 heterocycles. The van der Waals surface area contributed by atoms with E-state index in [9.17, 15) is 9.18 Å². The first-order valence-corrected chi connectivity index (χ1v) is 11.5. The third-order valence-corrected chi connectivity index (χ3v) is 9.25. The number of rotatable bonds is 5. The van der Waals surface area contributed by atoms with Crippen LogP contribution in [0.15, 0.2) is 29.8 Å². The molecule has 0 saturated carbocycles. The molecule has 1 amide bonds. The Morgan fingerprint density at radius 1 is 1.38 bits per heavy atom. The lowest BCUT2D eigenvalue weighted by atomic mass is 10.1. The fourth-order valence-electron chi connectivity index (χ4n) is 1.84. The Bertz CT molecular complexity index is 712. The van der Waals surface area contributed by atoms with E-state index in [4.69, 9.17) is 4.43 Å². The Hall–Kier alpha value is -1.73. The van der Waals surface area contributed by atoms with Gasteiger partial charge in [-0.1, -0.05) is 20.8 Å². The van der Waals surface area contributed by atoms with Crippen molar-refractivity contribution < 1.29 is 13.6 Å². The van der Waals surface area contributed by atoms with Gasteiger partial charge in [0, 0.05) is 17.1 Å². The second-order valence-corrected chi connectivity index (χ2v) is 12.8. The Balaban J connectivity index is 2.20. The van der Waals surface area contributed by atoms with Crippen LogP contribution in [-0.2, 0) is 11.2 Å². The van der Waals surface area contributed by atoms with E-state index >= 15 is 0 Å². The van der Waals surface area contributed by atoms with Crippen LogP contribution in [0.1, 0.15) is 26.3 Å². The predicted octanol–water partition coefficient (Wildman–Crippen LogP) is 4.85. The zero-order valence-electron chi connectivity index (χ0n) is 14.6. The van der Waals surface area contributed by atoms with Crippen LogP contribution in [0.5, 0.6) is 5.75 Å². The van der Waals surface area contributed by atoms with Crippen molar-refractivity contribution in [2.24, 2.45) is 0 Å². The molecule has 2 aromatic rings. The Labute approximate surface area is 147 Å². The van der Waals surface area contributed by atoms with Gasteiger partial charge in [0.05, 0.1) is 6.42 Å². The Kier molecular flexibility index (Phi) is 5.44. The average Bonchev–Trinajstić information content (AvgIpc) is 2.93. The molecule has 130 valence electrons. The summed E-state index contributed by atoms with van der Waals surface area (Å²) in [6.45, 7) is 10.7. The zero-order valence-corrected chi connectivity index (χ0v) is 16.5. The molecule has 0 spiro atoms. The van der Waals surface area contributed by atoms with Crippen LogP contribution in [0, 0.1) is 5.82 Å². The number of carbonyl (C=O) groups excluding carboxylic acids is 1. The number of anilines is 1. The smallest absolute Gasteiger partial charge is 0.250 e. The van der Waals surface area contributed by atoms with E-state index in [1.54, 1.807) is 17.6 Å². The molecule has 0 aliphatic rings. The largest absolute Gasteiger partial charge is 0.543 e. The summed E-state index contributed by atoms with van der Waals surface area (Å²) in [6.07, 6.45) is 1.66. The molecule has 0 unspecified atom stereocenters. The van der Waals surface area contributed by atoms with E-state index in [-0.39, 0.29) is 23.2 Å². The van der Waals surface area contributed by atoms with E-state index in [0.29, 0.717) is 16.4 Å². The molecular formula is C17H23FN2O2SSi. The molecule has 1 N–H and O–H groups in total. The highest BCUT2D eigenvalue weighted by molar-refractivity contribution is 7.13. The molecule has 1 aromatic heterocycles. The summed E-state index contributed by atoms with van der Waals surface area (Å²) >= 11 is 1.34. The van der Waals surface area contributed by atoms with Crippen LogP contribution in [0.3, 0.4) is 0 Å². The summed E-state index contributed by atoms with van der Waals surface area (Å²) < 4.78 is 19.9.